The van der Waals surface area contributed by atoms with Gasteiger partial charge in [0.05, 0.1) is 17.9 Å². The first kappa shape index (κ1) is 15.9. The topological polar surface area (TPSA) is 59.1 Å². The van der Waals surface area contributed by atoms with Crippen LogP contribution in [0.2, 0.25) is 0 Å². The fourth-order valence-electron chi connectivity index (χ4n) is 2.02. The van der Waals surface area contributed by atoms with E-state index in [4.69, 9.17) is 0 Å². The molecule has 0 unspecified atom stereocenters. The van der Waals surface area contributed by atoms with Crippen LogP contribution in [0.3, 0.4) is 0 Å². The Morgan fingerprint density at radius 1 is 1.14 bits per heavy atom. The van der Waals surface area contributed by atoms with Crippen LogP contribution >= 0.6 is 0 Å². The van der Waals surface area contributed by atoms with Gasteiger partial charge in [-0.1, -0.05) is 38.1 Å². The van der Waals surface area contributed by atoms with E-state index in [1.165, 1.54) is 0 Å². The van der Waals surface area contributed by atoms with Crippen LogP contribution in [0.25, 0.3) is 11.3 Å². The molecule has 4 nitrogen and oxygen atoms in total. The Kier molecular flexibility index (Phi) is 5.04. The van der Waals surface area contributed by atoms with Crippen molar-refractivity contribution in [1.82, 2.24) is 10.3 Å². The first-order valence-corrected chi connectivity index (χ1v) is 7.32. The molecule has 0 spiro atoms. The van der Waals surface area contributed by atoms with E-state index in [1.807, 2.05) is 50.2 Å². The highest BCUT2D eigenvalue weighted by Gasteiger charge is 2.08. The van der Waals surface area contributed by atoms with Crippen LogP contribution in [0.4, 0.5) is 0 Å². The molecule has 0 atom stereocenters. The normalized spacial score (nSPS) is 10.5. The van der Waals surface area contributed by atoms with Gasteiger partial charge in [0.1, 0.15) is 0 Å². The minimum Gasteiger partial charge on any atom is -0.350 e. The number of benzene rings is 1. The Morgan fingerprint density at radius 3 is 2.55 bits per heavy atom. The Hall–Kier alpha value is -2.49. The predicted molar refractivity (Wildman–Crippen MR) is 86.4 cm³/mol. The third kappa shape index (κ3) is 4.01. The first-order chi connectivity index (χ1) is 10.5. The number of carbonyl (C=O) groups is 2. The predicted octanol–water partition coefficient (Wildman–Crippen LogP) is 3.22. The van der Waals surface area contributed by atoms with E-state index in [1.54, 1.807) is 13.0 Å². The van der Waals surface area contributed by atoms with Gasteiger partial charge >= 0.3 is 0 Å². The van der Waals surface area contributed by atoms with Crippen molar-refractivity contribution in [3.63, 3.8) is 0 Å². The summed E-state index contributed by atoms with van der Waals surface area (Å²) in [6.45, 7) is 5.65. The Morgan fingerprint density at radius 2 is 1.86 bits per heavy atom. The fraction of sp³-hybridized carbons (Fsp3) is 0.278. The van der Waals surface area contributed by atoms with Gasteiger partial charge in [-0.3, -0.25) is 14.6 Å². The highest BCUT2D eigenvalue weighted by atomic mass is 16.1. The third-order valence-electron chi connectivity index (χ3n) is 3.34. The van der Waals surface area contributed by atoms with Crippen LogP contribution in [-0.4, -0.2) is 16.7 Å². The van der Waals surface area contributed by atoms with Crippen molar-refractivity contribution in [2.75, 3.05) is 0 Å². The van der Waals surface area contributed by atoms with Gasteiger partial charge in [0, 0.05) is 17.0 Å². The van der Waals surface area contributed by atoms with Crippen LogP contribution in [-0.2, 0) is 11.3 Å². The molecule has 114 valence electrons. The molecule has 0 saturated heterocycles. The number of nitrogens with one attached hydrogen (secondary N) is 1. The van der Waals surface area contributed by atoms with Crippen LogP contribution in [0.5, 0.6) is 0 Å². The Bertz CT molecular complexity index is 693. The van der Waals surface area contributed by atoms with E-state index in [-0.39, 0.29) is 17.6 Å². The SMILES string of the molecule is CC(=O)c1cccc(-c2cccc(CNC(=O)C(C)C)n2)c1. The second kappa shape index (κ2) is 6.98. The lowest BCUT2D eigenvalue weighted by molar-refractivity contribution is -0.124. The maximum atomic E-state index is 11.6. The summed E-state index contributed by atoms with van der Waals surface area (Å²) >= 11 is 0. The Labute approximate surface area is 130 Å². The summed E-state index contributed by atoms with van der Waals surface area (Å²) < 4.78 is 0. The lowest BCUT2D eigenvalue weighted by Crippen LogP contribution is -2.27. The molecule has 0 bridgehead atoms. The summed E-state index contributed by atoms with van der Waals surface area (Å²) in [5.41, 5.74) is 3.14. The molecule has 0 aliphatic heterocycles. The van der Waals surface area contributed by atoms with E-state index < -0.39 is 0 Å². The molecule has 1 amide bonds. The molecule has 0 saturated carbocycles. The average molecular weight is 296 g/mol. The highest BCUT2D eigenvalue weighted by molar-refractivity contribution is 5.95. The molecule has 4 heteroatoms. The van der Waals surface area contributed by atoms with Gasteiger partial charge in [0.2, 0.25) is 5.91 Å². The van der Waals surface area contributed by atoms with E-state index in [0.29, 0.717) is 12.1 Å². The molecule has 0 fully saturated rings. The Balaban J connectivity index is 2.19. The second-order valence-corrected chi connectivity index (χ2v) is 5.52. The number of nitrogens with zero attached hydrogens (tertiary/aromatic N) is 1. The zero-order valence-corrected chi connectivity index (χ0v) is 13.1. The van der Waals surface area contributed by atoms with Crippen molar-refractivity contribution in [3.05, 3.63) is 53.7 Å². The molecule has 1 heterocycles. The maximum Gasteiger partial charge on any atom is 0.222 e. The van der Waals surface area contributed by atoms with Crippen LogP contribution in [0, 0.1) is 5.92 Å². The summed E-state index contributed by atoms with van der Waals surface area (Å²) in [6, 6.07) is 13.1. The first-order valence-electron chi connectivity index (χ1n) is 7.32. The number of hydrogen-bond donors (Lipinski definition) is 1. The molecule has 1 aromatic carbocycles. The molecule has 2 aromatic rings. The van der Waals surface area contributed by atoms with Gasteiger partial charge in [-0.15, -0.1) is 0 Å². The molecule has 2 rings (SSSR count). The average Bonchev–Trinajstić information content (AvgIpc) is 2.52. The minimum absolute atomic E-state index is 0.00535. The summed E-state index contributed by atoms with van der Waals surface area (Å²) in [4.78, 5) is 27.6. The van der Waals surface area contributed by atoms with Gasteiger partial charge in [0.15, 0.2) is 5.78 Å². The van der Waals surface area contributed by atoms with Crippen molar-refractivity contribution >= 4 is 11.7 Å². The molecular formula is C18H20N2O2. The summed E-state index contributed by atoms with van der Waals surface area (Å²) in [5, 5.41) is 2.85. The van der Waals surface area contributed by atoms with E-state index in [0.717, 1.165) is 17.0 Å². The van der Waals surface area contributed by atoms with Gasteiger partial charge in [0.25, 0.3) is 0 Å². The highest BCUT2D eigenvalue weighted by Crippen LogP contribution is 2.19. The fourth-order valence-corrected chi connectivity index (χ4v) is 2.02. The van der Waals surface area contributed by atoms with E-state index in [9.17, 15) is 9.59 Å². The minimum atomic E-state index is -0.0459. The number of pyridine rings is 1. The van der Waals surface area contributed by atoms with Crippen molar-refractivity contribution < 1.29 is 9.59 Å². The smallest absolute Gasteiger partial charge is 0.222 e. The van der Waals surface area contributed by atoms with Crippen LogP contribution < -0.4 is 5.32 Å². The zero-order valence-electron chi connectivity index (χ0n) is 13.1. The lowest BCUT2D eigenvalue weighted by Gasteiger charge is -2.09. The number of hydrogen-bond acceptors (Lipinski definition) is 3. The maximum absolute atomic E-state index is 11.6. The van der Waals surface area contributed by atoms with Gasteiger partial charge in [-0.25, -0.2) is 0 Å². The molecule has 1 aromatic heterocycles. The van der Waals surface area contributed by atoms with Gasteiger partial charge in [-0.05, 0) is 25.1 Å². The van der Waals surface area contributed by atoms with Crippen LogP contribution in [0.15, 0.2) is 42.5 Å². The van der Waals surface area contributed by atoms with Gasteiger partial charge in [-0.2, -0.15) is 0 Å². The van der Waals surface area contributed by atoms with E-state index in [2.05, 4.69) is 10.3 Å². The monoisotopic (exact) mass is 296 g/mol. The number of amides is 1. The number of Topliss-reactive ketones (excluding diaryl/α,β-unsaturated/α-hetero) is 1. The molecule has 0 aliphatic rings. The number of rotatable bonds is 5. The number of aromatic nitrogens is 1. The standard InChI is InChI=1S/C18H20N2O2/c1-12(2)18(22)19-11-16-8-5-9-17(20-16)15-7-4-6-14(10-15)13(3)21/h4-10,12H,11H2,1-3H3,(H,19,22). The zero-order chi connectivity index (χ0) is 16.1. The van der Waals surface area contributed by atoms with Crippen molar-refractivity contribution in [2.45, 2.75) is 27.3 Å². The molecular weight excluding hydrogens is 276 g/mol. The number of carbonyl (C=O) groups excluding carboxylic acids is 2. The second-order valence-electron chi connectivity index (χ2n) is 5.52. The molecule has 0 radical (unpaired) electrons. The summed E-state index contributed by atoms with van der Waals surface area (Å²) in [5.74, 6) is -0.0107. The van der Waals surface area contributed by atoms with Gasteiger partial charge < -0.3 is 5.32 Å². The van der Waals surface area contributed by atoms with E-state index >= 15 is 0 Å². The molecule has 0 aliphatic carbocycles. The number of ketones is 1. The molecule has 1 N–H and O–H groups in total. The van der Waals surface area contributed by atoms with Crippen molar-refractivity contribution in [2.24, 2.45) is 5.92 Å². The van der Waals surface area contributed by atoms with Crippen molar-refractivity contribution in [3.8, 4) is 11.3 Å². The molecule has 22 heavy (non-hydrogen) atoms. The van der Waals surface area contributed by atoms with Crippen molar-refractivity contribution in [1.29, 1.82) is 0 Å². The largest absolute Gasteiger partial charge is 0.350 e. The summed E-state index contributed by atoms with van der Waals surface area (Å²) in [7, 11) is 0. The lowest BCUT2D eigenvalue weighted by atomic mass is 10.1. The third-order valence-corrected chi connectivity index (χ3v) is 3.34. The van der Waals surface area contributed by atoms with Crippen LogP contribution in [0.1, 0.15) is 36.8 Å². The quantitative estimate of drug-likeness (QED) is 0.862. The summed E-state index contributed by atoms with van der Waals surface area (Å²) in [6.07, 6.45) is 0.